The maximum absolute atomic E-state index is 12.4. The molecule has 1 saturated carbocycles. The lowest BCUT2D eigenvalue weighted by Crippen LogP contribution is -2.31. The summed E-state index contributed by atoms with van der Waals surface area (Å²) in [6, 6.07) is 14.1. The zero-order valence-electron chi connectivity index (χ0n) is 13.2. The first-order valence-electron chi connectivity index (χ1n) is 7.91. The van der Waals surface area contributed by atoms with Gasteiger partial charge in [-0.3, -0.25) is 9.78 Å². The maximum Gasteiger partial charge on any atom is 0.224 e. The van der Waals surface area contributed by atoms with E-state index in [4.69, 9.17) is 0 Å². The smallest absolute Gasteiger partial charge is 0.224 e. The molecule has 2 aromatic rings. The Kier molecular flexibility index (Phi) is 4.23. The van der Waals surface area contributed by atoms with Gasteiger partial charge in [-0.25, -0.2) is 0 Å². The quantitative estimate of drug-likeness (QED) is 0.917. The molecule has 1 atom stereocenters. The predicted octanol–water partition coefficient (Wildman–Crippen LogP) is 3.51. The Morgan fingerprint density at radius 1 is 1.18 bits per heavy atom. The van der Waals surface area contributed by atoms with Gasteiger partial charge in [0.25, 0.3) is 0 Å². The molecule has 0 bridgehead atoms. The molecule has 3 rings (SSSR count). The fourth-order valence-electron chi connectivity index (χ4n) is 2.81. The SMILES string of the molecule is Cc1cccc(C(NC(=O)Cc2ccccc2C)C2CC2)n1. The first kappa shape index (κ1) is 14.8. The van der Waals surface area contributed by atoms with Gasteiger partial charge < -0.3 is 5.32 Å². The van der Waals surface area contributed by atoms with E-state index in [1.165, 1.54) is 12.8 Å². The molecule has 3 heteroatoms. The van der Waals surface area contributed by atoms with E-state index in [2.05, 4.69) is 10.3 Å². The van der Waals surface area contributed by atoms with Crippen LogP contribution in [0.2, 0.25) is 0 Å². The van der Waals surface area contributed by atoms with Gasteiger partial charge >= 0.3 is 0 Å². The minimum atomic E-state index is 0.0522. The van der Waals surface area contributed by atoms with Crippen molar-refractivity contribution >= 4 is 5.91 Å². The summed E-state index contributed by atoms with van der Waals surface area (Å²) < 4.78 is 0. The largest absolute Gasteiger partial charge is 0.347 e. The Hall–Kier alpha value is -2.16. The van der Waals surface area contributed by atoms with Crippen molar-refractivity contribution in [3.05, 3.63) is 65.0 Å². The molecule has 1 aliphatic rings. The molecule has 0 spiro atoms. The highest BCUT2D eigenvalue weighted by molar-refractivity contribution is 5.79. The van der Waals surface area contributed by atoms with Crippen molar-refractivity contribution in [1.29, 1.82) is 0 Å². The van der Waals surface area contributed by atoms with Gasteiger partial charge in [0.1, 0.15) is 0 Å². The molecule has 1 N–H and O–H groups in total. The van der Waals surface area contributed by atoms with Crippen LogP contribution in [0.5, 0.6) is 0 Å². The second-order valence-electron chi connectivity index (χ2n) is 6.19. The predicted molar refractivity (Wildman–Crippen MR) is 87.5 cm³/mol. The van der Waals surface area contributed by atoms with E-state index in [0.29, 0.717) is 12.3 Å². The molecule has 1 aromatic heterocycles. The lowest BCUT2D eigenvalue weighted by atomic mass is 10.0. The van der Waals surface area contributed by atoms with Crippen molar-refractivity contribution < 1.29 is 4.79 Å². The third-order valence-electron chi connectivity index (χ3n) is 4.25. The van der Waals surface area contributed by atoms with Crippen LogP contribution in [-0.4, -0.2) is 10.9 Å². The summed E-state index contributed by atoms with van der Waals surface area (Å²) in [6.45, 7) is 4.03. The van der Waals surface area contributed by atoms with E-state index in [1.54, 1.807) is 0 Å². The Morgan fingerprint density at radius 3 is 2.64 bits per heavy atom. The van der Waals surface area contributed by atoms with Crippen molar-refractivity contribution in [2.45, 2.75) is 39.2 Å². The first-order chi connectivity index (χ1) is 10.6. The standard InChI is InChI=1S/C19H22N2O/c1-13-6-3-4-8-16(13)12-18(22)21-19(15-10-11-15)17-9-5-7-14(2)20-17/h3-9,15,19H,10-12H2,1-2H3,(H,21,22). The molecule has 1 fully saturated rings. The number of rotatable bonds is 5. The number of carbonyl (C=O) groups excluding carboxylic acids is 1. The average Bonchev–Trinajstić information content (AvgIpc) is 3.32. The number of hydrogen-bond donors (Lipinski definition) is 1. The molecule has 3 nitrogen and oxygen atoms in total. The maximum atomic E-state index is 12.4. The first-order valence-corrected chi connectivity index (χ1v) is 7.91. The molecule has 1 amide bonds. The minimum Gasteiger partial charge on any atom is -0.347 e. The lowest BCUT2D eigenvalue weighted by molar-refractivity contribution is -0.121. The highest BCUT2D eigenvalue weighted by Gasteiger charge is 2.34. The molecule has 1 heterocycles. The van der Waals surface area contributed by atoms with Crippen molar-refractivity contribution in [1.82, 2.24) is 10.3 Å². The van der Waals surface area contributed by atoms with E-state index in [9.17, 15) is 4.79 Å². The van der Waals surface area contributed by atoms with E-state index < -0.39 is 0 Å². The highest BCUT2D eigenvalue weighted by atomic mass is 16.1. The number of aromatic nitrogens is 1. The molecule has 1 unspecified atom stereocenters. The Bertz CT molecular complexity index is 677. The van der Waals surface area contributed by atoms with Gasteiger partial charge in [0, 0.05) is 5.69 Å². The third-order valence-corrected chi connectivity index (χ3v) is 4.25. The molecular formula is C19H22N2O. The van der Waals surface area contributed by atoms with E-state index in [-0.39, 0.29) is 11.9 Å². The van der Waals surface area contributed by atoms with Crippen LogP contribution in [0, 0.1) is 19.8 Å². The van der Waals surface area contributed by atoms with Crippen molar-refractivity contribution in [3.63, 3.8) is 0 Å². The molecule has 1 aliphatic carbocycles. The number of nitrogens with zero attached hydrogens (tertiary/aromatic N) is 1. The molecule has 0 radical (unpaired) electrons. The van der Waals surface area contributed by atoms with E-state index in [1.807, 2.05) is 56.3 Å². The topological polar surface area (TPSA) is 42.0 Å². The molecular weight excluding hydrogens is 272 g/mol. The van der Waals surface area contributed by atoms with Crippen LogP contribution in [0.15, 0.2) is 42.5 Å². The van der Waals surface area contributed by atoms with Crippen molar-refractivity contribution in [2.75, 3.05) is 0 Å². The molecule has 114 valence electrons. The van der Waals surface area contributed by atoms with Crippen LogP contribution in [0.4, 0.5) is 0 Å². The van der Waals surface area contributed by atoms with E-state index in [0.717, 1.165) is 22.5 Å². The zero-order valence-corrected chi connectivity index (χ0v) is 13.2. The lowest BCUT2D eigenvalue weighted by Gasteiger charge is -2.18. The summed E-state index contributed by atoms with van der Waals surface area (Å²) in [4.78, 5) is 17.0. The molecule has 0 saturated heterocycles. The third kappa shape index (κ3) is 3.53. The van der Waals surface area contributed by atoms with Gasteiger partial charge in [0.15, 0.2) is 0 Å². The van der Waals surface area contributed by atoms with Crippen LogP contribution in [0.25, 0.3) is 0 Å². The minimum absolute atomic E-state index is 0.0522. The van der Waals surface area contributed by atoms with Gasteiger partial charge in [-0.05, 0) is 55.9 Å². The zero-order chi connectivity index (χ0) is 15.5. The molecule has 0 aliphatic heterocycles. The van der Waals surface area contributed by atoms with Crippen LogP contribution in [0.1, 0.15) is 41.4 Å². The van der Waals surface area contributed by atoms with E-state index >= 15 is 0 Å². The number of nitrogens with one attached hydrogen (secondary N) is 1. The summed E-state index contributed by atoms with van der Waals surface area (Å²) in [5, 5.41) is 3.20. The number of benzene rings is 1. The summed E-state index contributed by atoms with van der Waals surface area (Å²) in [7, 11) is 0. The summed E-state index contributed by atoms with van der Waals surface area (Å²) in [5.74, 6) is 0.615. The monoisotopic (exact) mass is 294 g/mol. The number of hydrogen-bond acceptors (Lipinski definition) is 2. The van der Waals surface area contributed by atoms with Crippen molar-refractivity contribution in [2.24, 2.45) is 5.92 Å². The summed E-state index contributed by atoms with van der Waals surface area (Å²) in [6.07, 6.45) is 2.78. The summed E-state index contributed by atoms with van der Waals surface area (Å²) >= 11 is 0. The van der Waals surface area contributed by atoms with Gasteiger partial charge in [0.05, 0.1) is 18.2 Å². The van der Waals surface area contributed by atoms with Gasteiger partial charge in [0.2, 0.25) is 5.91 Å². The number of pyridine rings is 1. The van der Waals surface area contributed by atoms with Gasteiger partial charge in [-0.2, -0.15) is 0 Å². The van der Waals surface area contributed by atoms with Gasteiger partial charge in [-0.15, -0.1) is 0 Å². The number of amides is 1. The second kappa shape index (κ2) is 6.30. The highest BCUT2D eigenvalue weighted by Crippen LogP contribution is 2.40. The van der Waals surface area contributed by atoms with Crippen LogP contribution < -0.4 is 5.32 Å². The van der Waals surface area contributed by atoms with Crippen LogP contribution in [0.3, 0.4) is 0 Å². The summed E-state index contributed by atoms with van der Waals surface area (Å²) in [5.41, 5.74) is 4.23. The van der Waals surface area contributed by atoms with Crippen molar-refractivity contribution in [3.8, 4) is 0 Å². The fraction of sp³-hybridized carbons (Fsp3) is 0.368. The Labute approximate surface area is 131 Å². The van der Waals surface area contributed by atoms with Crippen LogP contribution >= 0.6 is 0 Å². The average molecular weight is 294 g/mol. The fourth-order valence-corrected chi connectivity index (χ4v) is 2.81. The molecule has 22 heavy (non-hydrogen) atoms. The number of carbonyl (C=O) groups is 1. The number of aryl methyl sites for hydroxylation is 2. The van der Waals surface area contributed by atoms with Gasteiger partial charge in [-0.1, -0.05) is 30.3 Å². The Balaban J connectivity index is 1.72. The Morgan fingerprint density at radius 2 is 1.95 bits per heavy atom. The normalized spacial score (nSPS) is 15.4. The van der Waals surface area contributed by atoms with Crippen LogP contribution in [-0.2, 0) is 11.2 Å². The second-order valence-corrected chi connectivity index (χ2v) is 6.19. The molecule has 1 aromatic carbocycles.